The van der Waals surface area contributed by atoms with E-state index in [1.807, 2.05) is 0 Å². The normalized spacial score (nSPS) is 11.1. The van der Waals surface area contributed by atoms with Crippen LogP contribution in [0.2, 0.25) is 0 Å². The zero-order valence-electron chi connectivity index (χ0n) is 24.0. The summed E-state index contributed by atoms with van der Waals surface area (Å²) < 4.78 is 18.5. The van der Waals surface area contributed by atoms with E-state index in [9.17, 15) is 10.2 Å². The van der Waals surface area contributed by atoms with Crippen molar-refractivity contribution >= 4 is 0 Å². The van der Waals surface area contributed by atoms with Gasteiger partial charge < -0.3 is 24.4 Å². The first-order valence-electron chi connectivity index (χ1n) is 15.1. The highest BCUT2D eigenvalue weighted by molar-refractivity contribution is 5.69. The lowest BCUT2D eigenvalue weighted by molar-refractivity contribution is 0.223. The molecule has 2 N–H and O–H groups in total. The lowest BCUT2D eigenvalue weighted by Gasteiger charge is -2.22. The Kier molecular flexibility index (Phi) is 19.1. The van der Waals surface area contributed by atoms with Gasteiger partial charge in [-0.05, 0) is 32.1 Å². The van der Waals surface area contributed by atoms with Crippen molar-refractivity contribution in [2.45, 2.75) is 143 Å². The second-order valence-electron chi connectivity index (χ2n) is 10.1. The first-order valence-corrected chi connectivity index (χ1v) is 15.1. The molecular formula is C31H56O5. The molecule has 0 aliphatic rings. The molecular weight excluding hydrogens is 452 g/mol. The van der Waals surface area contributed by atoms with Crippen LogP contribution < -0.4 is 14.2 Å². The van der Waals surface area contributed by atoms with Gasteiger partial charge in [-0.3, -0.25) is 0 Å². The van der Waals surface area contributed by atoms with Crippen LogP contribution in [0.4, 0.5) is 0 Å². The molecule has 5 heteroatoms. The van der Waals surface area contributed by atoms with Gasteiger partial charge in [0, 0.05) is 5.56 Å². The van der Waals surface area contributed by atoms with E-state index in [4.69, 9.17) is 14.2 Å². The zero-order chi connectivity index (χ0) is 26.4. The first-order chi connectivity index (χ1) is 17.6. The second-order valence-corrected chi connectivity index (χ2v) is 10.1. The van der Waals surface area contributed by atoms with Gasteiger partial charge in [-0.25, -0.2) is 0 Å². The Morgan fingerprint density at radius 2 is 0.806 bits per heavy atom. The maximum Gasteiger partial charge on any atom is 0.211 e. The van der Waals surface area contributed by atoms with Gasteiger partial charge in [0.2, 0.25) is 17.2 Å². The van der Waals surface area contributed by atoms with Gasteiger partial charge in [-0.2, -0.15) is 0 Å². The summed E-state index contributed by atoms with van der Waals surface area (Å²) in [5.41, 5.74) is 0.654. The van der Waals surface area contributed by atoms with Crippen LogP contribution in [-0.2, 0) is 6.42 Å². The smallest absolute Gasteiger partial charge is 0.211 e. The summed E-state index contributed by atoms with van der Waals surface area (Å²) in [6.45, 7) is 10.3. The highest BCUT2D eigenvalue weighted by atomic mass is 16.5. The molecule has 0 aliphatic heterocycles. The summed E-state index contributed by atoms with van der Waals surface area (Å²) in [4.78, 5) is 0. The van der Waals surface area contributed by atoms with Gasteiger partial charge in [0.15, 0.2) is 11.5 Å². The molecule has 0 aromatic heterocycles. The lowest BCUT2D eigenvalue weighted by atomic mass is 10.0. The van der Waals surface area contributed by atoms with Crippen molar-refractivity contribution in [2.24, 2.45) is 0 Å². The van der Waals surface area contributed by atoms with E-state index in [1.165, 1.54) is 38.5 Å². The van der Waals surface area contributed by atoms with Crippen molar-refractivity contribution in [3.05, 3.63) is 5.56 Å². The second kappa shape index (κ2) is 21.3. The number of unbranched alkanes of at least 4 members (excludes halogenated alkanes) is 13. The van der Waals surface area contributed by atoms with Gasteiger partial charge in [0.25, 0.3) is 0 Å². The fraction of sp³-hybridized carbons (Fsp3) is 0.806. The van der Waals surface area contributed by atoms with Crippen molar-refractivity contribution in [1.29, 1.82) is 0 Å². The fourth-order valence-electron chi connectivity index (χ4n) is 4.37. The van der Waals surface area contributed by atoms with E-state index in [2.05, 4.69) is 27.7 Å². The first kappa shape index (κ1) is 32.2. The van der Waals surface area contributed by atoms with Gasteiger partial charge in [-0.15, -0.1) is 0 Å². The van der Waals surface area contributed by atoms with Crippen LogP contribution >= 0.6 is 0 Å². The predicted octanol–water partition coefficient (Wildman–Crippen LogP) is 9.49. The third kappa shape index (κ3) is 12.5. The third-order valence-corrected chi connectivity index (χ3v) is 6.67. The van der Waals surface area contributed by atoms with E-state index in [-0.39, 0.29) is 17.2 Å². The molecule has 1 aromatic rings. The molecule has 210 valence electrons. The number of hydrogen-bond donors (Lipinski definition) is 2. The number of aromatic hydroxyl groups is 2. The summed E-state index contributed by atoms with van der Waals surface area (Å²) in [6.07, 6.45) is 19.6. The minimum absolute atomic E-state index is 0.116. The Bertz CT molecular complexity index is 674. The van der Waals surface area contributed by atoms with Crippen LogP contribution in [0, 0.1) is 0 Å². The summed E-state index contributed by atoms with van der Waals surface area (Å²) in [6, 6.07) is 0. The van der Waals surface area contributed by atoms with Crippen molar-refractivity contribution in [3.63, 3.8) is 0 Å². The standard InChI is InChI=1S/C31H56O5/c1-5-9-13-14-15-16-17-18-22-26-27(32)28(33)30(35-24-20-11-7-3)31(36-25-21-12-8-4)29(26)34-23-19-10-6-2/h32-33H,5-25H2,1-4H3. The molecule has 0 saturated carbocycles. The van der Waals surface area contributed by atoms with Crippen molar-refractivity contribution in [1.82, 2.24) is 0 Å². The SMILES string of the molecule is CCCCCCCCCCc1c(O)c(O)c(OCCCCC)c(OCCCCC)c1OCCCCC. The third-order valence-electron chi connectivity index (χ3n) is 6.67. The predicted molar refractivity (Wildman–Crippen MR) is 151 cm³/mol. The van der Waals surface area contributed by atoms with E-state index in [0.29, 0.717) is 43.3 Å². The Morgan fingerprint density at radius 1 is 0.417 bits per heavy atom. The lowest BCUT2D eigenvalue weighted by Crippen LogP contribution is -2.09. The van der Waals surface area contributed by atoms with E-state index < -0.39 is 0 Å². The molecule has 0 bridgehead atoms. The van der Waals surface area contributed by atoms with E-state index in [1.54, 1.807) is 0 Å². The highest BCUT2D eigenvalue weighted by Gasteiger charge is 2.27. The van der Waals surface area contributed by atoms with E-state index >= 15 is 0 Å². The molecule has 0 spiro atoms. The maximum absolute atomic E-state index is 11.0. The van der Waals surface area contributed by atoms with Crippen molar-refractivity contribution < 1.29 is 24.4 Å². The summed E-state index contributed by atoms with van der Waals surface area (Å²) >= 11 is 0. The summed E-state index contributed by atoms with van der Waals surface area (Å²) in [5, 5.41) is 22.0. The Morgan fingerprint density at radius 3 is 1.31 bits per heavy atom. The summed E-state index contributed by atoms with van der Waals surface area (Å²) in [5.74, 6) is 0.919. The molecule has 0 amide bonds. The van der Waals surface area contributed by atoms with Gasteiger partial charge in [0.05, 0.1) is 19.8 Å². The number of phenols is 2. The van der Waals surface area contributed by atoms with Crippen LogP contribution in [0.15, 0.2) is 0 Å². The van der Waals surface area contributed by atoms with Crippen LogP contribution in [0.3, 0.4) is 0 Å². The van der Waals surface area contributed by atoms with Crippen molar-refractivity contribution in [2.75, 3.05) is 19.8 Å². The molecule has 0 heterocycles. The minimum Gasteiger partial charge on any atom is -0.504 e. The molecule has 1 aromatic carbocycles. The number of ether oxygens (including phenoxy) is 3. The molecule has 0 fully saturated rings. The molecule has 0 atom stereocenters. The topological polar surface area (TPSA) is 68.2 Å². The van der Waals surface area contributed by atoms with Gasteiger partial charge >= 0.3 is 0 Å². The van der Waals surface area contributed by atoms with Gasteiger partial charge in [-0.1, -0.05) is 111 Å². The Balaban J connectivity index is 3.10. The molecule has 0 aliphatic carbocycles. The molecule has 5 nitrogen and oxygen atoms in total. The maximum atomic E-state index is 11.0. The Labute approximate surface area is 221 Å². The van der Waals surface area contributed by atoms with Crippen LogP contribution in [0.25, 0.3) is 0 Å². The van der Waals surface area contributed by atoms with Gasteiger partial charge in [0.1, 0.15) is 0 Å². The number of phenolic OH excluding ortho intramolecular Hbond substituents is 2. The van der Waals surface area contributed by atoms with Crippen molar-refractivity contribution in [3.8, 4) is 28.7 Å². The quantitative estimate of drug-likeness (QED) is 0.107. The number of benzene rings is 1. The highest BCUT2D eigenvalue weighted by Crippen LogP contribution is 2.53. The fourth-order valence-corrected chi connectivity index (χ4v) is 4.37. The minimum atomic E-state index is -0.215. The van der Waals surface area contributed by atoms with Crippen LogP contribution in [0.5, 0.6) is 28.7 Å². The summed E-state index contributed by atoms with van der Waals surface area (Å²) in [7, 11) is 0. The average Bonchev–Trinajstić information content (AvgIpc) is 2.88. The number of rotatable bonds is 24. The zero-order valence-corrected chi connectivity index (χ0v) is 24.0. The van der Waals surface area contributed by atoms with Crippen LogP contribution in [0.1, 0.15) is 142 Å². The molecule has 0 radical (unpaired) electrons. The molecule has 1 rings (SSSR count). The number of hydrogen-bond acceptors (Lipinski definition) is 5. The van der Waals surface area contributed by atoms with E-state index in [0.717, 1.165) is 70.6 Å². The molecule has 0 unspecified atom stereocenters. The van der Waals surface area contributed by atoms with Crippen LogP contribution in [-0.4, -0.2) is 30.0 Å². The largest absolute Gasteiger partial charge is 0.504 e. The monoisotopic (exact) mass is 508 g/mol. The Hall–Kier alpha value is -1.78. The molecule has 0 saturated heterocycles. The average molecular weight is 509 g/mol. The molecule has 36 heavy (non-hydrogen) atoms.